The molecule has 2 heterocycles. The highest BCUT2D eigenvalue weighted by atomic mass is 32.2. The first kappa shape index (κ1) is 22.2. The van der Waals surface area contributed by atoms with Gasteiger partial charge in [-0.25, -0.2) is 8.42 Å². The van der Waals surface area contributed by atoms with Crippen molar-refractivity contribution in [2.75, 3.05) is 11.9 Å². The van der Waals surface area contributed by atoms with Crippen molar-refractivity contribution in [3.63, 3.8) is 0 Å². The van der Waals surface area contributed by atoms with Crippen LogP contribution in [-0.2, 0) is 10.0 Å². The topological polar surface area (TPSA) is 96.7 Å². The van der Waals surface area contributed by atoms with E-state index in [4.69, 9.17) is 4.42 Å². The zero-order valence-electron chi connectivity index (χ0n) is 18.3. The van der Waals surface area contributed by atoms with Gasteiger partial charge in [0.25, 0.3) is 5.91 Å². The molecule has 1 saturated heterocycles. The fourth-order valence-electron chi connectivity index (χ4n) is 4.19. The van der Waals surface area contributed by atoms with Crippen LogP contribution < -0.4 is 10.7 Å². The average Bonchev–Trinajstić information content (AvgIpc) is 2.75. The van der Waals surface area contributed by atoms with E-state index in [-0.39, 0.29) is 22.1 Å². The fraction of sp³-hybridized carbons (Fsp3) is 0.333. The standard InChI is InChI=1S/C24H26N2O5S/c1-15-12-16(2)23-20(13-15)21(27)14-22(31-23)24(28)25-18-7-9-19(10-8-18)32(29,30)26-11-5-4-6-17(26)3/h7-10,12-14,17H,4-6,11H2,1-3H3,(H,25,28). The molecular formula is C24H26N2O5S. The first-order valence-corrected chi connectivity index (χ1v) is 12.1. The molecule has 1 atom stereocenters. The van der Waals surface area contributed by atoms with Crippen LogP contribution in [0.4, 0.5) is 5.69 Å². The predicted octanol–water partition coefficient (Wildman–Crippen LogP) is 4.23. The number of rotatable bonds is 4. The Labute approximate surface area is 187 Å². The van der Waals surface area contributed by atoms with E-state index in [9.17, 15) is 18.0 Å². The quantitative estimate of drug-likeness (QED) is 0.636. The summed E-state index contributed by atoms with van der Waals surface area (Å²) < 4.78 is 33.2. The number of sulfonamides is 1. The number of hydrogen-bond donors (Lipinski definition) is 1. The van der Waals surface area contributed by atoms with Gasteiger partial charge in [0.15, 0.2) is 11.2 Å². The number of carbonyl (C=O) groups excluding carboxylic acids is 1. The summed E-state index contributed by atoms with van der Waals surface area (Å²) in [5, 5.41) is 3.10. The number of aryl methyl sites for hydroxylation is 2. The van der Waals surface area contributed by atoms with Crippen LogP contribution in [0, 0.1) is 13.8 Å². The van der Waals surface area contributed by atoms with Gasteiger partial charge >= 0.3 is 0 Å². The zero-order chi connectivity index (χ0) is 23.0. The van der Waals surface area contributed by atoms with Crippen LogP contribution in [0.25, 0.3) is 11.0 Å². The lowest BCUT2D eigenvalue weighted by Gasteiger charge is -2.32. The van der Waals surface area contributed by atoms with E-state index in [0.29, 0.717) is 23.2 Å². The molecule has 3 aromatic rings. The number of piperidine rings is 1. The van der Waals surface area contributed by atoms with Crippen molar-refractivity contribution in [1.29, 1.82) is 0 Å². The van der Waals surface area contributed by atoms with Crippen molar-refractivity contribution in [2.24, 2.45) is 0 Å². The Balaban J connectivity index is 1.56. The monoisotopic (exact) mass is 454 g/mol. The highest BCUT2D eigenvalue weighted by Crippen LogP contribution is 2.26. The van der Waals surface area contributed by atoms with Gasteiger partial charge in [-0.15, -0.1) is 0 Å². The molecule has 0 saturated carbocycles. The largest absolute Gasteiger partial charge is 0.450 e. The van der Waals surface area contributed by atoms with Crippen LogP contribution in [0.5, 0.6) is 0 Å². The molecular weight excluding hydrogens is 428 g/mol. The second-order valence-electron chi connectivity index (χ2n) is 8.37. The predicted molar refractivity (Wildman–Crippen MR) is 124 cm³/mol. The first-order chi connectivity index (χ1) is 15.2. The Morgan fingerprint density at radius 2 is 1.81 bits per heavy atom. The Bertz CT molecular complexity index is 1340. The third-order valence-electron chi connectivity index (χ3n) is 5.84. The van der Waals surface area contributed by atoms with Gasteiger partial charge in [0.2, 0.25) is 10.0 Å². The van der Waals surface area contributed by atoms with Crippen LogP contribution in [0.1, 0.15) is 47.9 Å². The third-order valence-corrected chi connectivity index (χ3v) is 7.87. The summed E-state index contributed by atoms with van der Waals surface area (Å²) in [5.74, 6) is -0.683. The molecule has 1 unspecified atom stereocenters. The van der Waals surface area contributed by atoms with Crippen molar-refractivity contribution in [3.05, 3.63) is 69.6 Å². The van der Waals surface area contributed by atoms with E-state index in [1.165, 1.54) is 34.6 Å². The van der Waals surface area contributed by atoms with Gasteiger partial charge in [-0.1, -0.05) is 12.5 Å². The molecule has 32 heavy (non-hydrogen) atoms. The van der Waals surface area contributed by atoms with E-state index >= 15 is 0 Å². The molecule has 1 N–H and O–H groups in total. The van der Waals surface area contributed by atoms with Crippen molar-refractivity contribution in [3.8, 4) is 0 Å². The minimum atomic E-state index is -3.59. The highest BCUT2D eigenvalue weighted by Gasteiger charge is 2.30. The van der Waals surface area contributed by atoms with Crippen LogP contribution >= 0.6 is 0 Å². The Morgan fingerprint density at radius 3 is 2.50 bits per heavy atom. The van der Waals surface area contributed by atoms with Crippen molar-refractivity contribution in [1.82, 2.24) is 4.31 Å². The van der Waals surface area contributed by atoms with Gasteiger partial charge in [-0.05, 0) is 75.1 Å². The second kappa shape index (κ2) is 8.52. The van der Waals surface area contributed by atoms with E-state index in [1.807, 2.05) is 26.8 Å². The fourth-order valence-corrected chi connectivity index (χ4v) is 5.89. The summed E-state index contributed by atoms with van der Waals surface area (Å²) >= 11 is 0. The number of amides is 1. The van der Waals surface area contributed by atoms with Crippen molar-refractivity contribution in [2.45, 2.75) is 51.0 Å². The second-order valence-corrected chi connectivity index (χ2v) is 10.3. The maximum absolute atomic E-state index is 13.0. The molecule has 1 aliphatic heterocycles. The van der Waals surface area contributed by atoms with E-state index < -0.39 is 15.9 Å². The molecule has 1 fully saturated rings. The lowest BCUT2D eigenvalue weighted by atomic mass is 10.1. The minimum absolute atomic E-state index is 0.0313. The summed E-state index contributed by atoms with van der Waals surface area (Å²) in [5.41, 5.74) is 2.20. The molecule has 0 aliphatic carbocycles. The highest BCUT2D eigenvalue weighted by molar-refractivity contribution is 7.89. The smallest absolute Gasteiger partial charge is 0.291 e. The van der Waals surface area contributed by atoms with Gasteiger partial charge in [0.1, 0.15) is 5.58 Å². The summed E-state index contributed by atoms with van der Waals surface area (Å²) in [7, 11) is -3.59. The molecule has 2 aromatic carbocycles. The summed E-state index contributed by atoms with van der Waals surface area (Å²) in [6.07, 6.45) is 2.74. The number of fused-ring (bicyclic) bond motifs is 1. The van der Waals surface area contributed by atoms with E-state index in [0.717, 1.165) is 30.4 Å². The number of nitrogens with zero attached hydrogens (tertiary/aromatic N) is 1. The molecule has 0 radical (unpaired) electrons. The van der Waals surface area contributed by atoms with Crippen molar-refractivity contribution < 1.29 is 17.6 Å². The molecule has 0 bridgehead atoms. The van der Waals surface area contributed by atoms with Crippen LogP contribution in [-0.4, -0.2) is 31.2 Å². The number of benzene rings is 2. The minimum Gasteiger partial charge on any atom is -0.450 e. The van der Waals surface area contributed by atoms with E-state index in [1.54, 1.807) is 6.07 Å². The number of hydrogen-bond acceptors (Lipinski definition) is 5. The number of nitrogens with one attached hydrogen (secondary N) is 1. The maximum atomic E-state index is 13.0. The summed E-state index contributed by atoms with van der Waals surface area (Å²) in [4.78, 5) is 25.4. The van der Waals surface area contributed by atoms with Gasteiger partial charge in [0, 0.05) is 24.3 Å². The lowest BCUT2D eigenvalue weighted by Crippen LogP contribution is -2.41. The maximum Gasteiger partial charge on any atom is 0.291 e. The molecule has 0 spiro atoms. The molecule has 7 nitrogen and oxygen atoms in total. The average molecular weight is 455 g/mol. The summed E-state index contributed by atoms with van der Waals surface area (Å²) in [6.45, 7) is 6.15. The summed E-state index contributed by atoms with van der Waals surface area (Å²) in [6, 6.07) is 10.8. The molecule has 4 rings (SSSR count). The van der Waals surface area contributed by atoms with Gasteiger partial charge in [-0.3, -0.25) is 9.59 Å². The lowest BCUT2D eigenvalue weighted by molar-refractivity contribution is 0.0997. The Hall–Kier alpha value is -2.97. The Morgan fingerprint density at radius 1 is 1.09 bits per heavy atom. The Kier molecular flexibility index (Phi) is 5.92. The van der Waals surface area contributed by atoms with E-state index in [2.05, 4.69) is 5.32 Å². The normalized spacial score (nSPS) is 17.4. The van der Waals surface area contributed by atoms with Gasteiger partial charge < -0.3 is 9.73 Å². The molecule has 168 valence electrons. The molecule has 1 amide bonds. The van der Waals surface area contributed by atoms with Gasteiger partial charge in [-0.2, -0.15) is 4.31 Å². The van der Waals surface area contributed by atoms with Crippen LogP contribution in [0.15, 0.2) is 56.6 Å². The SMILES string of the molecule is Cc1cc(C)c2oc(C(=O)Nc3ccc(S(=O)(=O)N4CCCCC4C)cc3)cc(=O)c2c1. The van der Waals surface area contributed by atoms with Crippen LogP contribution in [0.2, 0.25) is 0 Å². The molecule has 1 aliphatic rings. The number of carbonyl (C=O) groups is 1. The van der Waals surface area contributed by atoms with Crippen LogP contribution in [0.3, 0.4) is 0 Å². The van der Waals surface area contributed by atoms with Crippen molar-refractivity contribution >= 4 is 32.6 Å². The molecule has 1 aromatic heterocycles. The number of anilines is 1. The first-order valence-electron chi connectivity index (χ1n) is 10.6. The van der Waals surface area contributed by atoms with Gasteiger partial charge in [0.05, 0.1) is 10.3 Å². The molecule has 8 heteroatoms. The third kappa shape index (κ3) is 4.20. The zero-order valence-corrected chi connectivity index (χ0v) is 19.2.